The van der Waals surface area contributed by atoms with Crippen LogP contribution in [0.1, 0.15) is 21.5 Å². The first-order valence-electron chi connectivity index (χ1n) is 9.78. The van der Waals surface area contributed by atoms with Crippen molar-refractivity contribution in [3.05, 3.63) is 95.9 Å². The summed E-state index contributed by atoms with van der Waals surface area (Å²) in [7, 11) is 1.29. The summed E-state index contributed by atoms with van der Waals surface area (Å²) in [6.07, 6.45) is 1.48. The average molecular weight is 682 g/mol. The highest BCUT2D eigenvalue weighted by atomic mass is 127. The Hall–Kier alpha value is -2.98. The van der Waals surface area contributed by atoms with Crippen molar-refractivity contribution >= 4 is 68.8 Å². The number of ether oxygens (including phenoxy) is 2. The van der Waals surface area contributed by atoms with E-state index in [4.69, 9.17) is 4.74 Å². The molecule has 1 N–H and O–H groups in total. The Bertz CT molecular complexity index is 1280. The van der Waals surface area contributed by atoms with Gasteiger partial charge in [0.05, 0.1) is 19.8 Å². The molecule has 0 unspecified atom stereocenters. The number of anilines is 1. The fourth-order valence-corrected chi connectivity index (χ4v) is 5.03. The number of nitrogens with one attached hydrogen (secondary N) is 1. The molecule has 0 bridgehead atoms. The van der Waals surface area contributed by atoms with Crippen molar-refractivity contribution < 1.29 is 23.5 Å². The third kappa shape index (κ3) is 6.77. The van der Waals surface area contributed by atoms with Crippen molar-refractivity contribution in [2.75, 3.05) is 12.4 Å². The van der Waals surface area contributed by atoms with Crippen LogP contribution in [0.15, 0.2) is 66.2 Å². The molecule has 34 heavy (non-hydrogen) atoms. The lowest BCUT2D eigenvalue weighted by Crippen LogP contribution is -2.13. The van der Waals surface area contributed by atoms with E-state index in [9.17, 15) is 19.2 Å². The zero-order valence-electron chi connectivity index (χ0n) is 17.8. The molecule has 9 heteroatoms. The number of methoxy groups -OCH3 is 1. The lowest BCUT2D eigenvalue weighted by molar-refractivity contribution is -0.112. The van der Waals surface area contributed by atoms with Gasteiger partial charge in [-0.1, -0.05) is 12.1 Å². The van der Waals surface area contributed by atoms with E-state index in [1.807, 2.05) is 6.07 Å². The van der Waals surface area contributed by atoms with Gasteiger partial charge in [-0.15, -0.1) is 0 Å². The minimum absolute atomic E-state index is 0.0860. The van der Waals surface area contributed by atoms with E-state index in [0.29, 0.717) is 28.1 Å². The number of benzene rings is 3. The molecule has 3 aromatic rings. The van der Waals surface area contributed by atoms with Crippen LogP contribution in [0, 0.1) is 24.3 Å². The molecule has 6 nitrogen and oxygen atoms in total. The summed E-state index contributed by atoms with van der Waals surface area (Å²) in [5.74, 6) is -0.753. The summed E-state index contributed by atoms with van der Waals surface area (Å²) in [4.78, 5) is 24.1. The van der Waals surface area contributed by atoms with Gasteiger partial charge in [0.2, 0.25) is 0 Å². The molecule has 0 heterocycles. The van der Waals surface area contributed by atoms with Gasteiger partial charge in [0.15, 0.2) is 0 Å². The Balaban J connectivity index is 1.74. The number of hydrogen-bond donors (Lipinski definition) is 1. The minimum atomic E-state index is -0.579. The second-order valence-electron chi connectivity index (χ2n) is 6.93. The van der Waals surface area contributed by atoms with Crippen LogP contribution in [0.5, 0.6) is 5.75 Å². The maximum atomic E-state index is 13.4. The van der Waals surface area contributed by atoms with Gasteiger partial charge in [-0.25, -0.2) is 9.18 Å². The minimum Gasteiger partial charge on any atom is -0.487 e. The smallest absolute Gasteiger partial charge is 0.337 e. The van der Waals surface area contributed by atoms with Gasteiger partial charge in [0.1, 0.15) is 29.8 Å². The van der Waals surface area contributed by atoms with Crippen LogP contribution in [0.2, 0.25) is 0 Å². The average Bonchev–Trinajstić information content (AvgIpc) is 2.82. The third-order valence-electron chi connectivity index (χ3n) is 4.53. The van der Waals surface area contributed by atoms with Crippen molar-refractivity contribution in [2.24, 2.45) is 0 Å². The molecule has 3 aromatic carbocycles. The molecule has 1 amide bonds. The third-order valence-corrected chi connectivity index (χ3v) is 6.14. The van der Waals surface area contributed by atoms with Crippen molar-refractivity contribution in [2.45, 2.75) is 6.61 Å². The van der Waals surface area contributed by atoms with Gasteiger partial charge >= 0.3 is 5.97 Å². The van der Waals surface area contributed by atoms with E-state index in [1.54, 1.807) is 36.4 Å². The molecule has 0 radical (unpaired) electrons. The zero-order chi connectivity index (χ0) is 24.7. The summed E-state index contributed by atoms with van der Waals surface area (Å²) >= 11 is 4.23. The first-order valence-corrected chi connectivity index (χ1v) is 11.9. The van der Waals surface area contributed by atoms with E-state index in [-0.39, 0.29) is 18.0 Å². The number of amides is 1. The lowest BCUT2D eigenvalue weighted by Gasteiger charge is -2.12. The fourth-order valence-electron chi connectivity index (χ4n) is 2.90. The van der Waals surface area contributed by atoms with E-state index in [1.165, 1.54) is 37.5 Å². The fraction of sp³-hybridized carbons (Fsp3) is 0.0800. The highest BCUT2D eigenvalue weighted by molar-refractivity contribution is 14.1. The number of esters is 1. The van der Waals surface area contributed by atoms with Gasteiger partial charge < -0.3 is 14.8 Å². The molecule has 0 saturated heterocycles. The van der Waals surface area contributed by atoms with E-state index in [0.717, 1.165) is 7.14 Å². The molecular weight excluding hydrogens is 665 g/mol. The van der Waals surface area contributed by atoms with E-state index < -0.39 is 11.9 Å². The monoisotopic (exact) mass is 682 g/mol. The van der Waals surface area contributed by atoms with Gasteiger partial charge in [-0.2, -0.15) is 5.26 Å². The number of nitrogens with zero attached hydrogens (tertiary/aromatic N) is 1. The predicted molar refractivity (Wildman–Crippen MR) is 143 cm³/mol. The van der Waals surface area contributed by atoms with E-state index >= 15 is 0 Å². The van der Waals surface area contributed by atoms with Gasteiger partial charge in [-0.3, -0.25) is 4.79 Å². The van der Waals surface area contributed by atoms with Gasteiger partial charge in [0, 0.05) is 5.69 Å². The molecule has 0 atom stereocenters. The molecule has 0 saturated carbocycles. The lowest BCUT2D eigenvalue weighted by atomic mass is 10.1. The van der Waals surface area contributed by atoms with Crippen molar-refractivity contribution in [3.8, 4) is 11.8 Å². The van der Waals surface area contributed by atoms with Gasteiger partial charge in [0.25, 0.3) is 5.91 Å². The first-order chi connectivity index (χ1) is 16.3. The predicted octanol–water partition coefficient (Wildman–Crippen LogP) is 5.95. The Kier molecular flexibility index (Phi) is 9.00. The molecule has 3 rings (SSSR count). The van der Waals surface area contributed by atoms with Crippen LogP contribution in [0.4, 0.5) is 10.1 Å². The number of carbonyl (C=O) groups excluding carboxylic acids is 2. The number of rotatable bonds is 7. The standard InChI is InChI=1S/C25H17FI2N2O4/c1-33-25(32)17-5-7-20(8-6-17)30-24(31)18(13-29)9-16-11-21(27)23(22(28)12-16)34-14-15-3-2-4-19(26)10-15/h2-12H,14H2,1H3,(H,30,31)/b18-9+. The normalized spacial score (nSPS) is 10.9. The first kappa shape index (κ1) is 25.6. The number of hydrogen-bond acceptors (Lipinski definition) is 5. The van der Waals surface area contributed by atoms with Gasteiger partial charge in [-0.05, 0) is 111 Å². The maximum absolute atomic E-state index is 13.4. The highest BCUT2D eigenvalue weighted by Crippen LogP contribution is 2.30. The maximum Gasteiger partial charge on any atom is 0.337 e. The molecule has 0 aliphatic carbocycles. The van der Waals surface area contributed by atoms with Crippen LogP contribution in [-0.2, 0) is 16.1 Å². The number of halogens is 3. The van der Waals surface area contributed by atoms with Crippen LogP contribution >= 0.6 is 45.2 Å². The largest absolute Gasteiger partial charge is 0.487 e. The van der Waals surface area contributed by atoms with E-state index in [2.05, 4.69) is 55.2 Å². The Morgan fingerprint density at radius 2 is 1.76 bits per heavy atom. The van der Waals surface area contributed by atoms with Crippen LogP contribution < -0.4 is 10.1 Å². The van der Waals surface area contributed by atoms with Crippen LogP contribution in [0.3, 0.4) is 0 Å². The summed E-state index contributed by atoms with van der Waals surface area (Å²) in [5.41, 5.74) is 2.06. The SMILES string of the molecule is COC(=O)c1ccc(NC(=O)/C(C#N)=C/c2cc(I)c(OCc3cccc(F)c3)c(I)c2)cc1. The molecule has 0 aromatic heterocycles. The Labute approximate surface area is 223 Å². The number of nitriles is 1. The summed E-state index contributed by atoms with van der Waals surface area (Å²) in [6.45, 7) is 0.208. The zero-order valence-corrected chi connectivity index (χ0v) is 22.1. The highest BCUT2D eigenvalue weighted by Gasteiger charge is 2.13. The second kappa shape index (κ2) is 11.9. The van der Waals surface area contributed by atoms with Crippen molar-refractivity contribution in [3.63, 3.8) is 0 Å². The van der Waals surface area contributed by atoms with Crippen LogP contribution in [0.25, 0.3) is 6.08 Å². The number of carbonyl (C=O) groups is 2. The van der Waals surface area contributed by atoms with Crippen molar-refractivity contribution in [1.29, 1.82) is 5.26 Å². The summed E-state index contributed by atoms with van der Waals surface area (Å²) in [6, 6.07) is 17.8. The molecule has 0 aliphatic rings. The molecule has 0 fully saturated rings. The summed E-state index contributed by atoms with van der Waals surface area (Å²) in [5, 5.41) is 12.2. The molecule has 172 valence electrons. The topological polar surface area (TPSA) is 88.4 Å². The summed E-state index contributed by atoms with van der Waals surface area (Å²) < 4.78 is 25.5. The second-order valence-corrected chi connectivity index (χ2v) is 9.25. The quantitative estimate of drug-likeness (QED) is 0.144. The Morgan fingerprint density at radius 1 is 1.09 bits per heavy atom. The molecule has 0 spiro atoms. The molecule has 0 aliphatic heterocycles. The van der Waals surface area contributed by atoms with Crippen molar-refractivity contribution in [1.82, 2.24) is 0 Å². The van der Waals surface area contributed by atoms with Crippen LogP contribution in [-0.4, -0.2) is 19.0 Å². The Morgan fingerprint density at radius 3 is 2.35 bits per heavy atom. The molecular formula is C25H17FI2N2O4.